The molecular weight excluding hydrogens is 589 g/mol. The Kier molecular flexibility index (Phi) is 8.00. The lowest BCUT2D eigenvalue weighted by Crippen LogP contribution is -2.25. The number of alkyl halides is 9. The molecule has 0 saturated heterocycles. The molecule has 4 aromatic rings. The lowest BCUT2D eigenvalue weighted by molar-refractivity contribution is -0.143. The van der Waals surface area contributed by atoms with E-state index in [9.17, 15) is 39.5 Å². The molecule has 0 spiro atoms. The van der Waals surface area contributed by atoms with E-state index in [4.69, 9.17) is 11.6 Å². The Morgan fingerprint density at radius 3 is 1.88 bits per heavy atom. The molecule has 0 N–H and O–H groups in total. The van der Waals surface area contributed by atoms with Gasteiger partial charge in [0.05, 0.1) is 23.7 Å². The van der Waals surface area contributed by atoms with Crippen LogP contribution in [0.3, 0.4) is 0 Å². The second-order valence-electron chi connectivity index (χ2n) is 9.20. The summed E-state index contributed by atoms with van der Waals surface area (Å²) in [4.78, 5) is 2.12. The zero-order chi connectivity index (χ0) is 30.3. The average Bonchev–Trinajstić information content (AvgIpc) is 3.29. The van der Waals surface area contributed by atoms with Crippen molar-refractivity contribution in [3.8, 4) is 11.1 Å². The van der Waals surface area contributed by atoms with E-state index in [1.807, 2.05) is 0 Å². The van der Waals surface area contributed by atoms with Crippen molar-refractivity contribution < 1.29 is 39.5 Å². The highest BCUT2D eigenvalue weighted by Crippen LogP contribution is 2.39. The topological polar surface area (TPSA) is 46.8 Å². The third-order valence-corrected chi connectivity index (χ3v) is 6.34. The van der Waals surface area contributed by atoms with Crippen LogP contribution >= 0.6 is 11.6 Å². The van der Waals surface area contributed by atoms with Gasteiger partial charge < -0.3 is 4.90 Å². The highest BCUT2D eigenvalue weighted by Gasteiger charge is 2.37. The molecule has 0 radical (unpaired) electrons. The molecule has 4 rings (SSSR count). The normalized spacial score (nSPS) is 12.6. The van der Waals surface area contributed by atoms with Gasteiger partial charge in [0.25, 0.3) is 5.95 Å². The summed E-state index contributed by atoms with van der Waals surface area (Å²) in [6.45, 7) is 0.661. The van der Waals surface area contributed by atoms with Gasteiger partial charge in [0, 0.05) is 23.7 Å². The minimum absolute atomic E-state index is 0.0148. The third kappa shape index (κ3) is 7.10. The molecular formula is C26H19ClF9N5. The highest BCUT2D eigenvalue weighted by molar-refractivity contribution is 6.33. The Hall–Kier alpha value is -3.81. The molecule has 0 bridgehead atoms. The smallest absolute Gasteiger partial charge is 0.330 e. The molecule has 3 aromatic carbocycles. The van der Waals surface area contributed by atoms with Gasteiger partial charge in [0.15, 0.2) is 0 Å². The summed E-state index contributed by atoms with van der Waals surface area (Å²) < 4.78 is 122. The van der Waals surface area contributed by atoms with Crippen LogP contribution in [-0.4, -0.2) is 20.2 Å². The minimum atomic E-state index is -5.10. The zero-order valence-electron chi connectivity index (χ0n) is 21.1. The number of aryl methyl sites for hydroxylation is 2. The van der Waals surface area contributed by atoms with E-state index in [1.165, 1.54) is 13.1 Å². The number of hydrogen-bond donors (Lipinski definition) is 0. The van der Waals surface area contributed by atoms with Crippen molar-refractivity contribution in [3.05, 3.63) is 93.0 Å². The van der Waals surface area contributed by atoms with E-state index in [1.54, 1.807) is 25.1 Å². The van der Waals surface area contributed by atoms with E-state index < -0.39 is 53.9 Å². The van der Waals surface area contributed by atoms with E-state index >= 15 is 0 Å². The third-order valence-electron chi connectivity index (χ3n) is 6.01. The summed E-state index contributed by atoms with van der Waals surface area (Å²) in [7, 11) is 1.36. The molecule has 0 saturated carbocycles. The van der Waals surface area contributed by atoms with Crippen molar-refractivity contribution in [2.45, 2.75) is 38.5 Å². The predicted octanol–water partition coefficient (Wildman–Crippen LogP) is 8.10. The first-order valence-corrected chi connectivity index (χ1v) is 12.0. The molecule has 0 fully saturated rings. The second-order valence-corrected chi connectivity index (χ2v) is 9.61. The molecule has 5 nitrogen and oxygen atoms in total. The first kappa shape index (κ1) is 30.2. The van der Waals surface area contributed by atoms with E-state index in [0.717, 1.165) is 27.4 Å². The second kappa shape index (κ2) is 10.9. The number of nitrogens with zero attached hydrogens (tertiary/aromatic N) is 5. The molecule has 0 unspecified atom stereocenters. The molecule has 0 aliphatic rings. The van der Waals surface area contributed by atoms with Gasteiger partial charge in [0.2, 0.25) is 0 Å². The summed E-state index contributed by atoms with van der Waals surface area (Å²) >= 11 is 6.35. The lowest BCUT2D eigenvalue weighted by Gasteiger charge is -2.24. The summed E-state index contributed by atoms with van der Waals surface area (Å²) in [6.07, 6.45) is -14.9. The molecule has 0 amide bonds. The first-order chi connectivity index (χ1) is 18.9. The van der Waals surface area contributed by atoms with Crippen molar-refractivity contribution in [2.24, 2.45) is 7.05 Å². The van der Waals surface area contributed by atoms with Gasteiger partial charge in [0.1, 0.15) is 0 Å². The van der Waals surface area contributed by atoms with E-state index in [-0.39, 0.29) is 28.2 Å². The van der Waals surface area contributed by atoms with Gasteiger partial charge in [-0.2, -0.15) is 44.3 Å². The Labute approximate surface area is 232 Å². The number of benzene rings is 3. The van der Waals surface area contributed by atoms with Crippen LogP contribution in [0, 0.1) is 6.92 Å². The number of rotatable bonds is 6. The molecule has 1 aromatic heterocycles. The highest BCUT2D eigenvalue weighted by atomic mass is 35.5. The van der Waals surface area contributed by atoms with E-state index in [2.05, 4.69) is 15.4 Å². The van der Waals surface area contributed by atoms with Crippen molar-refractivity contribution in [3.63, 3.8) is 0 Å². The molecule has 41 heavy (non-hydrogen) atoms. The van der Waals surface area contributed by atoms with Crippen LogP contribution in [0.25, 0.3) is 11.1 Å². The molecule has 0 aliphatic carbocycles. The van der Waals surface area contributed by atoms with Crippen molar-refractivity contribution in [2.75, 3.05) is 4.90 Å². The average molecular weight is 608 g/mol. The fourth-order valence-corrected chi connectivity index (χ4v) is 4.36. The van der Waals surface area contributed by atoms with Crippen LogP contribution in [0.1, 0.15) is 33.4 Å². The molecule has 218 valence electrons. The maximum Gasteiger partial charge on any atom is 0.416 e. The first-order valence-electron chi connectivity index (χ1n) is 11.7. The summed E-state index contributed by atoms with van der Waals surface area (Å²) in [5, 5.41) is 11.6. The Morgan fingerprint density at radius 2 is 1.34 bits per heavy atom. The predicted molar refractivity (Wildman–Crippen MR) is 132 cm³/mol. The number of tetrazole rings is 1. The fraction of sp³-hybridized carbons (Fsp3) is 0.269. The molecule has 1 heterocycles. The Bertz CT molecular complexity index is 1530. The van der Waals surface area contributed by atoms with Gasteiger partial charge in [-0.1, -0.05) is 34.4 Å². The minimum Gasteiger partial charge on any atom is -0.330 e. The van der Waals surface area contributed by atoms with Crippen LogP contribution in [0.5, 0.6) is 0 Å². The standard InChI is InChI=1S/C26H19ClF9N5/c1-14-3-6-22(27)21(7-14)20-5-4-17(24(28,29)30)10-16(20)13-41(23-37-39-40(2)38-23)12-15-8-18(25(31,32)33)11-19(9-15)26(34,35)36/h3-11H,12-13H2,1-2H3. The summed E-state index contributed by atoms with van der Waals surface area (Å²) in [5.41, 5.74) is -3.13. The van der Waals surface area contributed by atoms with Crippen LogP contribution in [0.2, 0.25) is 5.02 Å². The zero-order valence-corrected chi connectivity index (χ0v) is 21.9. The van der Waals surface area contributed by atoms with Crippen LogP contribution in [-0.2, 0) is 38.7 Å². The monoisotopic (exact) mass is 607 g/mol. The van der Waals surface area contributed by atoms with Gasteiger partial charge in [-0.25, -0.2) is 0 Å². The fourth-order valence-electron chi connectivity index (χ4n) is 4.14. The van der Waals surface area contributed by atoms with Gasteiger partial charge in [-0.15, -0.1) is 5.10 Å². The number of halogens is 10. The summed E-state index contributed by atoms with van der Waals surface area (Å²) in [5.74, 6) is -0.239. The quantitative estimate of drug-likeness (QED) is 0.208. The SMILES string of the molecule is Cc1ccc(Cl)c(-c2ccc(C(F)(F)F)cc2CN(Cc2cc(C(F)(F)F)cc(C(F)(F)F)c2)c2nnn(C)n2)c1. The molecule has 0 aliphatic heterocycles. The van der Waals surface area contributed by atoms with Gasteiger partial charge in [-0.3, -0.25) is 0 Å². The molecule has 0 atom stereocenters. The van der Waals surface area contributed by atoms with Crippen molar-refractivity contribution in [1.82, 2.24) is 20.2 Å². The Morgan fingerprint density at radius 1 is 0.732 bits per heavy atom. The maximum atomic E-state index is 13.7. The van der Waals surface area contributed by atoms with Crippen molar-refractivity contribution >= 4 is 17.5 Å². The largest absolute Gasteiger partial charge is 0.416 e. The van der Waals surface area contributed by atoms with Gasteiger partial charge in [-0.05, 0) is 71.3 Å². The number of anilines is 1. The van der Waals surface area contributed by atoms with Crippen LogP contribution in [0.15, 0.2) is 54.6 Å². The summed E-state index contributed by atoms with van der Waals surface area (Å²) in [6, 6.07) is 8.82. The lowest BCUT2D eigenvalue weighted by atomic mass is 9.95. The van der Waals surface area contributed by atoms with Crippen LogP contribution < -0.4 is 4.90 Å². The molecule has 15 heteroatoms. The number of hydrogen-bond acceptors (Lipinski definition) is 4. The van der Waals surface area contributed by atoms with Crippen LogP contribution in [0.4, 0.5) is 45.5 Å². The Balaban J connectivity index is 1.87. The van der Waals surface area contributed by atoms with Gasteiger partial charge >= 0.3 is 18.5 Å². The number of aromatic nitrogens is 4. The maximum absolute atomic E-state index is 13.7. The van der Waals surface area contributed by atoms with Crippen molar-refractivity contribution in [1.29, 1.82) is 0 Å². The van der Waals surface area contributed by atoms with E-state index in [0.29, 0.717) is 17.7 Å².